The van der Waals surface area contributed by atoms with Crippen molar-refractivity contribution in [2.75, 3.05) is 26.2 Å². The molecule has 0 saturated carbocycles. The van der Waals surface area contributed by atoms with Gasteiger partial charge in [0.2, 0.25) is 0 Å². The maximum atomic E-state index is 6.66. The number of hydrogen-bond donors (Lipinski definition) is 0. The molecule has 0 aromatic rings. The van der Waals surface area contributed by atoms with Gasteiger partial charge in [0.05, 0.1) is 0 Å². The summed E-state index contributed by atoms with van der Waals surface area (Å²) < 4.78 is 0. The molecular formula is C47H98ClP. The minimum absolute atomic E-state index is 1.26. The van der Waals surface area contributed by atoms with Gasteiger partial charge < -0.3 is 0 Å². The molecule has 0 aliphatic carbocycles. The van der Waals surface area contributed by atoms with E-state index in [0.29, 0.717) is 0 Å². The summed E-state index contributed by atoms with van der Waals surface area (Å²) in [5, 5.41) is 0. The fraction of sp³-hybridized carbons (Fsp3) is 1.00. The predicted molar refractivity (Wildman–Crippen MR) is 235 cm³/mol. The predicted octanol–water partition coefficient (Wildman–Crippen LogP) is 19.0. The molecule has 0 aromatic carbocycles. The molecule has 0 spiro atoms. The van der Waals surface area contributed by atoms with Gasteiger partial charge in [-0.05, 0) is 0 Å². The van der Waals surface area contributed by atoms with Crippen LogP contribution in [0.15, 0.2) is 0 Å². The van der Waals surface area contributed by atoms with Gasteiger partial charge in [0, 0.05) is 0 Å². The van der Waals surface area contributed by atoms with E-state index in [4.69, 9.17) is 11.2 Å². The van der Waals surface area contributed by atoms with E-state index in [9.17, 15) is 0 Å². The molecule has 0 nitrogen and oxygen atoms in total. The number of halogens is 1. The molecule has 0 heterocycles. The van der Waals surface area contributed by atoms with Crippen LogP contribution in [0.25, 0.3) is 0 Å². The first-order valence-electron chi connectivity index (χ1n) is 23.5. The summed E-state index contributed by atoms with van der Waals surface area (Å²) in [7, 11) is 0. The van der Waals surface area contributed by atoms with E-state index in [1.165, 1.54) is 276 Å². The Labute approximate surface area is 318 Å². The van der Waals surface area contributed by atoms with Crippen molar-refractivity contribution in [3.63, 3.8) is 0 Å². The molecular weight excluding hydrogens is 631 g/mol. The van der Waals surface area contributed by atoms with Gasteiger partial charge in [0.1, 0.15) is 0 Å². The van der Waals surface area contributed by atoms with Crippen LogP contribution < -0.4 is 0 Å². The van der Waals surface area contributed by atoms with Crippen LogP contribution in [0.4, 0.5) is 0 Å². The van der Waals surface area contributed by atoms with E-state index in [1.807, 2.05) is 0 Å². The molecule has 2 heteroatoms. The SMILES string of the molecule is CCCCCCCCCCCCCCCCCCCCCCCCCCCCCCCCCCCCCCCCCCCCP(C)(C)(C)Cl. The summed E-state index contributed by atoms with van der Waals surface area (Å²) in [5.74, 6) is -1.77. The Balaban J connectivity index is 3.07. The standard InChI is InChI=1S/C47H98ClP/c1-5-6-7-8-9-10-11-12-13-14-15-16-17-18-19-20-21-22-23-24-25-26-27-28-29-30-31-32-33-34-35-36-37-38-39-40-41-42-43-44-45-46-47-49(2,3,4)48/h5-47H2,1-4H3. The van der Waals surface area contributed by atoms with E-state index in [0.717, 1.165) is 0 Å². The maximum absolute atomic E-state index is 6.66. The van der Waals surface area contributed by atoms with E-state index in [1.54, 1.807) is 0 Å². The van der Waals surface area contributed by atoms with Crippen molar-refractivity contribution in [2.45, 2.75) is 277 Å². The van der Waals surface area contributed by atoms with Crippen molar-refractivity contribution in [3.8, 4) is 0 Å². The number of hydrogen-bond acceptors (Lipinski definition) is 0. The van der Waals surface area contributed by atoms with Gasteiger partial charge in [-0.3, -0.25) is 0 Å². The molecule has 0 rings (SSSR count). The molecule has 0 aliphatic rings. The Morgan fingerprint density at radius 2 is 0.347 bits per heavy atom. The topological polar surface area (TPSA) is 0 Å². The van der Waals surface area contributed by atoms with Crippen molar-refractivity contribution in [3.05, 3.63) is 0 Å². The number of rotatable bonds is 43. The van der Waals surface area contributed by atoms with Crippen LogP contribution in [-0.4, -0.2) is 26.2 Å². The van der Waals surface area contributed by atoms with E-state index >= 15 is 0 Å². The Morgan fingerprint density at radius 1 is 0.224 bits per heavy atom. The molecule has 0 N–H and O–H groups in total. The average molecular weight is 730 g/mol. The zero-order chi connectivity index (χ0) is 35.9. The summed E-state index contributed by atoms with van der Waals surface area (Å²) in [6.45, 7) is 9.18. The fourth-order valence-corrected chi connectivity index (χ4v) is 9.44. The Morgan fingerprint density at radius 3 is 0.469 bits per heavy atom. The van der Waals surface area contributed by atoms with Crippen molar-refractivity contribution in [1.82, 2.24) is 0 Å². The molecule has 0 amide bonds. The van der Waals surface area contributed by atoms with E-state index in [-0.39, 0.29) is 0 Å². The van der Waals surface area contributed by atoms with Gasteiger partial charge in [-0.2, -0.15) is 0 Å². The Hall–Kier alpha value is 0.720. The molecule has 0 fully saturated rings. The van der Waals surface area contributed by atoms with Crippen LogP contribution in [0, 0.1) is 0 Å². The third-order valence-corrected chi connectivity index (χ3v) is 13.6. The van der Waals surface area contributed by atoms with Gasteiger partial charge in [-0.1, -0.05) is 206 Å². The van der Waals surface area contributed by atoms with Gasteiger partial charge in [0.15, 0.2) is 0 Å². The molecule has 0 unspecified atom stereocenters. The van der Waals surface area contributed by atoms with Crippen LogP contribution in [0.1, 0.15) is 277 Å². The Bertz CT molecular complexity index is 598. The third-order valence-electron chi connectivity index (χ3n) is 11.3. The second-order valence-electron chi connectivity index (χ2n) is 18.1. The zero-order valence-corrected chi connectivity index (χ0v) is 36.9. The first-order chi connectivity index (χ1) is 23.8. The first kappa shape index (κ1) is 49.7. The quantitative estimate of drug-likeness (QED) is 0.0433. The molecule has 0 bridgehead atoms. The summed E-state index contributed by atoms with van der Waals surface area (Å²) in [6, 6.07) is 0. The second kappa shape index (κ2) is 38.4. The summed E-state index contributed by atoms with van der Waals surface area (Å²) >= 11 is 6.66. The summed E-state index contributed by atoms with van der Waals surface area (Å²) in [5.41, 5.74) is 0. The van der Waals surface area contributed by atoms with Gasteiger partial charge in [-0.25, -0.2) is 0 Å². The van der Waals surface area contributed by atoms with Crippen molar-refractivity contribution in [1.29, 1.82) is 0 Å². The van der Waals surface area contributed by atoms with Gasteiger partial charge in [-0.15, -0.1) is 0 Å². The fourth-order valence-electron chi connectivity index (χ4n) is 7.79. The van der Waals surface area contributed by atoms with Crippen LogP contribution >= 0.6 is 17.2 Å². The minimum atomic E-state index is -1.77. The Kier molecular flexibility index (Phi) is 39.0. The molecule has 0 saturated heterocycles. The third kappa shape index (κ3) is 48.7. The normalized spacial score (nSPS) is 12.9. The molecule has 0 radical (unpaired) electrons. The van der Waals surface area contributed by atoms with Crippen molar-refractivity contribution >= 4 is 17.2 Å². The monoisotopic (exact) mass is 729 g/mol. The van der Waals surface area contributed by atoms with Crippen LogP contribution in [0.5, 0.6) is 0 Å². The average Bonchev–Trinajstić information content (AvgIpc) is 3.06. The van der Waals surface area contributed by atoms with Crippen LogP contribution in [-0.2, 0) is 0 Å². The molecule has 0 atom stereocenters. The first-order valence-corrected chi connectivity index (χ1v) is 28.2. The van der Waals surface area contributed by atoms with Crippen LogP contribution in [0.2, 0.25) is 0 Å². The number of unbranched alkanes of at least 4 members (excludes halogenated alkanes) is 41. The molecule has 0 aromatic heterocycles. The van der Waals surface area contributed by atoms with Crippen molar-refractivity contribution < 1.29 is 0 Å². The second-order valence-corrected chi connectivity index (χ2v) is 28.2. The van der Waals surface area contributed by atoms with Crippen LogP contribution in [0.3, 0.4) is 0 Å². The van der Waals surface area contributed by atoms with Gasteiger partial charge >= 0.3 is 114 Å². The zero-order valence-electron chi connectivity index (χ0n) is 35.2. The molecule has 298 valence electrons. The van der Waals surface area contributed by atoms with Crippen molar-refractivity contribution in [2.24, 2.45) is 0 Å². The van der Waals surface area contributed by atoms with E-state index < -0.39 is 5.96 Å². The van der Waals surface area contributed by atoms with Gasteiger partial charge in [0.25, 0.3) is 0 Å². The molecule has 0 aliphatic heterocycles. The molecule has 49 heavy (non-hydrogen) atoms. The van der Waals surface area contributed by atoms with E-state index in [2.05, 4.69) is 26.9 Å². The summed E-state index contributed by atoms with van der Waals surface area (Å²) in [6.07, 6.45) is 63.2. The summed E-state index contributed by atoms with van der Waals surface area (Å²) in [4.78, 5) is 0.